The zero-order chi connectivity index (χ0) is 8.43. The van der Waals surface area contributed by atoms with Crippen molar-refractivity contribution < 1.29 is 4.39 Å². The lowest BCUT2D eigenvalue weighted by atomic mass is 10.2. The first-order chi connectivity index (χ1) is 5.15. The summed E-state index contributed by atoms with van der Waals surface area (Å²) in [5.41, 5.74) is 0.954. The molecule has 0 saturated carbocycles. The summed E-state index contributed by atoms with van der Waals surface area (Å²) in [6.07, 6.45) is 0. The zero-order valence-electron chi connectivity index (χ0n) is 5.37. The van der Waals surface area contributed by atoms with E-state index in [9.17, 15) is 4.39 Å². The monoisotopic (exact) mass is 392 g/mol. The standard InChI is InChI=1S/C7H4Br2FI/c8-3-4-1-5(10)7(9)6(11)2-4/h1-2H,3H2. The van der Waals surface area contributed by atoms with Crippen molar-refractivity contribution in [3.05, 3.63) is 31.6 Å². The highest BCUT2D eigenvalue weighted by molar-refractivity contribution is 14.1. The zero-order valence-corrected chi connectivity index (χ0v) is 10.7. The molecule has 0 unspecified atom stereocenters. The molecule has 0 bridgehead atoms. The molecule has 0 aliphatic rings. The van der Waals surface area contributed by atoms with Gasteiger partial charge in [-0.15, -0.1) is 0 Å². The van der Waals surface area contributed by atoms with E-state index in [1.807, 2.05) is 6.07 Å². The fraction of sp³-hybridized carbons (Fsp3) is 0.143. The largest absolute Gasteiger partial charge is 0.206 e. The molecule has 0 fully saturated rings. The van der Waals surface area contributed by atoms with Gasteiger partial charge < -0.3 is 0 Å². The first-order valence-corrected chi connectivity index (χ1v) is 5.84. The maximum atomic E-state index is 13.0. The summed E-state index contributed by atoms with van der Waals surface area (Å²) in [4.78, 5) is 0. The van der Waals surface area contributed by atoms with E-state index in [0.29, 0.717) is 9.80 Å². The van der Waals surface area contributed by atoms with Crippen LogP contribution < -0.4 is 0 Å². The van der Waals surface area contributed by atoms with E-state index in [2.05, 4.69) is 54.5 Å². The summed E-state index contributed by atoms with van der Waals surface area (Å²) in [5, 5.41) is 0.688. The molecule has 4 heteroatoms. The number of rotatable bonds is 1. The van der Waals surface area contributed by atoms with Crippen LogP contribution in [0.2, 0.25) is 0 Å². The molecular weight excluding hydrogens is 390 g/mol. The van der Waals surface area contributed by atoms with Crippen molar-refractivity contribution in [2.75, 3.05) is 0 Å². The third-order valence-electron chi connectivity index (χ3n) is 1.20. The smallest absolute Gasteiger partial charge is 0.138 e. The van der Waals surface area contributed by atoms with Gasteiger partial charge in [0, 0.05) is 8.90 Å². The highest BCUT2D eigenvalue weighted by Gasteiger charge is 2.04. The number of hydrogen-bond acceptors (Lipinski definition) is 0. The fourth-order valence-electron chi connectivity index (χ4n) is 0.685. The van der Waals surface area contributed by atoms with Gasteiger partial charge in [-0.2, -0.15) is 0 Å². The van der Waals surface area contributed by atoms with Crippen LogP contribution in [0.4, 0.5) is 4.39 Å². The maximum absolute atomic E-state index is 13.0. The summed E-state index contributed by atoms with van der Waals surface area (Å²) in [6.45, 7) is 0. The molecule has 1 aromatic rings. The lowest BCUT2D eigenvalue weighted by molar-refractivity contribution is 0.618. The Bertz CT molecular complexity index is 252. The third-order valence-corrected chi connectivity index (χ3v) is 4.24. The Hall–Kier alpha value is 0.840. The van der Waals surface area contributed by atoms with Crippen LogP contribution in [0.5, 0.6) is 0 Å². The number of alkyl halides is 1. The van der Waals surface area contributed by atoms with E-state index in [1.54, 1.807) is 0 Å². The van der Waals surface area contributed by atoms with E-state index in [0.717, 1.165) is 9.13 Å². The third kappa shape index (κ3) is 2.39. The van der Waals surface area contributed by atoms with Crippen LogP contribution in [-0.4, -0.2) is 0 Å². The van der Waals surface area contributed by atoms with Gasteiger partial charge >= 0.3 is 0 Å². The minimum Gasteiger partial charge on any atom is -0.206 e. The summed E-state index contributed by atoms with van der Waals surface area (Å²) < 4.78 is 14.4. The molecular formula is C7H4Br2FI. The van der Waals surface area contributed by atoms with Gasteiger partial charge in [0.2, 0.25) is 0 Å². The van der Waals surface area contributed by atoms with Crippen LogP contribution in [0.3, 0.4) is 0 Å². The number of benzene rings is 1. The molecule has 0 radical (unpaired) electrons. The van der Waals surface area contributed by atoms with Crippen LogP contribution in [0.1, 0.15) is 5.56 Å². The van der Waals surface area contributed by atoms with Gasteiger partial charge in [-0.25, -0.2) is 4.39 Å². The quantitative estimate of drug-likeness (QED) is 0.383. The Morgan fingerprint density at radius 1 is 1.45 bits per heavy atom. The van der Waals surface area contributed by atoms with Gasteiger partial charge in [0.25, 0.3) is 0 Å². The molecule has 0 atom stereocenters. The van der Waals surface area contributed by atoms with Gasteiger partial charge in [0.1, 0.15) is 5.82 Å². The predicted octanol–water partition coefficient (Wildman–Crippen LogP) is 4.09. The number of halogens is 4. The molecule has 0 aliphatic carbocycles. The molecule has 11 heavy (non-hydrogen) atoms. The van der Waals surface area contributed by atoms with Crippen molar-refractivity contribution in [2.24, 2.45) is 0 Å². The molecule has 0 aliphatic heterocycles. The lowest BCUT2D eigenvalue weighted by Gasteiger charge is -2.00. The summed E-state index contributed by atoms with van der Waals surface area (Å²) in [6, 6.07) is 3.45. The molecule has 1 rings (SSSR count). The molecule has 0 nitrogen and oxygen atoms in total. The van der Waals surface area contributed by atoms with E-state index >= 15 is 0 Å². The SMILES string of the molecule is Fc1cc(CBr)cc(I)c1Br. The minimum atomic E-state index is -0.202. The van der Waals surface area contributed by atoms with Crippen molar-refractivity contribution in [3.8, 4) is 0 Å². The molecule has 1 aromatic carbocycles. The van der Waals surface area contributed by atoms with Gasteiger partial charge in [0.05, 0.1) is 4.47 Å². The summed E-state index contributed by atoms with van der Waals surface area (Å²) in [7, 11) is 0. The Kier molecular flexibility index (Phi) is 3.77. The summed E-state index contributed by atoms with van der Waals surface area (Å²) in [5.74, 6) is -0.202. The second-order valence-corrected chi connectivity index (χ2v) is 4.52. The molecule has 0 saturated heterocycles. The summed E-state index contributed by atoms with van der Waals surface area (Å²) >= 11 is 8.50. The minimum absolute atomic E-state index is 0.202. The van der Waals surface area contributed by atoms with E-state index in [4.69, 9.17) is 0 Å². The number of hydrogen-bond donors (Lipinski definition) is 0. The molecule has 0 amide bonds. The molecule has 60 valence electrons. The first-order valence-electron chi connectivity index (χ1n) is 2.84. The van der Waals surface area contributed by atoms with Crippen molar-refractivity contribution in [2.45, 2.75) is 5.33 Å². The highest BCUT2D eigenvalue weighted by atomic mass is 127. The van der Waals surface area contributed by atoms with Crippen molar-refractivity contribution in [1.29, 1.82) is 0 Å². The van der Waals surface area contributed by atoms with Crippen LogP contribution in [0.15, 0.2) is 16.6 Å². The van der Waals surface area contributed by atoms with Crippen LogP contribution in [0, 0.1) is 9.39 Å². The Morgan fingerprint density at radius 2 is 2.09 bits per heavy atom. The average molecular weight is 394 g/mol. The van der Waals surface area contributed by atoms with Crippen molar-refractivity contribution in [3.63, 3.8) is 0 Å². The second-order valence-electron chi connectivity index (χ2n) is 2.01. The molecule has 0 N–H and O–H groups in total. The predicted molar refractivity (Wildman–Crippen MR) is 59.4 cm³/mol. The maximum Gasteiger partial charge on any atom is 0.138 e. The normalized spacial score (nSPS) is 10.2. The molecule has 0 spiro atoms. The van der Waals surface area contributed by atoms with Gasteiger partial charge in [-0.1, -0.05) is 15.9 Å². The van der Waals surface area contributed by atoms with Crippen molar-refractivity contribution >= 4 is 54.5 Å². The Labute approximate surface area is 95.0 Å². The Balaban J connectivity index is 3.21. The molecule has 0 heterocycles. The van der Waals surface area contributed by atoms with E-state index in [1.165, 1.54) is 6.07 Å². The van der Waals surface area contributed by atoms with Crippen LogP contribution >= 0.6 is 54.5 Å². The average Bonchev–Trinajstić information content (AvgIpc) is 1.99. The highest BCUT2D eigenvalue weighted by Crippen LogP contribution is 2.24. The first kappa shape index (κ1) is 9.92. The second kappa shape index (κ2) is 4.18. The van der Waals surface area contributed by atoms with Gasteiger partial charge in [0.15, 0.2) is 0 Å². The van der Waals surface area contributed by atoms with E-state index in [-0.39, 0.29) is 5.82 Å². The van der Waals surface area contributed by atoms with Gasteiger partial charge in [-0.05, 0) is 56.2 Å². The lowest BCUT2D eigenvalue weighted by Crippen LogP contribution is -1.86. The van der Waals surface area contributed by atoms with Crippen LogP contribution in [0.25, 0.3) is 0 Å². The topological polar surface area (TPSA) is 0 Å². The fourth-order valence-corrected chi connectivity index (χ4v) is 1.90. The Morgan fingerprint density at radius 3 is 2.55 bits per heavy atom. The van der Waals surface area contributed by atoms with E-state index < -0.39 is 0 Å². The van der Waals surface area contributed by atoms with Crippen molar-refractivity contribution in [1.82, 2.24) is 0 Å². The van der Waals surface area contributed by atoms with Crippen LogP contribution in [-0.2, 0) is 5.33 Å². The molecule has 0 aromatic heterocycles. The van der Waals surface area contributed by atoms with Gasteiger partial charge in [-0.3, -0.25) is 0 Å².